The summed E-state index contributed by atoms with van der Waals surface area (Å²) in [5, 5.41) is 0. The Morgan fingerprint density at radius 3 is 2.94 bits per heavy atom. The lowest BCUT2D eigenvalue weighted by molar-refractivity contribution is -0.145. The summed E-state index contributed by atoms with van der Waals surface area (Å²) in [7, 11) is 1.45. The van der Waals surface area contributed by atoms with Gasteiger partial charge < -0.3 is 9.15 Å². The number of nitrogens with zero attached hydrogens (tertiary/aromatic N) is 1. The summed E-state index contributed by atoms with van der Waals surface area (Å²) in [6, 6.07) is 0. The molecule has 0 amide bonds. The fourth-order valence-electron chi connectivity index (χ4n) is 2.78. The largest absolute Gasteiger partial charge is 0.469 e. The minimum atomic E-state index is -0.0987. The molecule has 0 N–H and O–H groups in total. The zero-order chi connectivity index (χ0) is 12.8. The Hall–Kier alpha value is -1.32. The van der Waals surface area contributed by atoms with Crippen molar-refractivity contribution in [2.75, 3.05) is 7.11 Å². The number of aromatic nitrogens is 1. The molecule has 2 saturated carbocycles. The number of methoxy groups -OCH3 is 1. The molecule has 1 heterocycles. The summed E-state index contributed by atoms with van der Waals surface area (Å²) in [6.07, 6.45) is 6.91. The topological polar surface area (TPSA) is 52.3 Å². The van der Waals surface area contributed by atoms with Crippen molar-refractivity contribution < 1.29 is 13.9 Å². The number of rotatable bonds is 3. The summed E-state index contributed by atoms with van der Waals surface area (Å²) >= 11 is 0. The Morgan fingerprint density at radius 2 is 2.28 bits per heavy atom. The van der Waals surface area contributed by atoms with Crippen LogP contribution in [0.4, 0.5) is 0 Å². The van der Waals surface area contributed by atoms with Crippen LogP contribution in [-0.4, -0.2) is 18.1 Å². The van der Waals surface area contributed by atoms with E-state index in [0.717, 1.165) is 30.9 Å². The third-order valence-corrected chi connectivity index (χ3v) is 4.43. The molecule has 2 fully saturated rings. The first kappa shape index (κ1) is 11.8. The molecule has 0 bridgehead atoms. The summed E-state index contributed by atoms with van der Waals surface area (Å²) in [6.45, 7) is 2.21. The molecule has 0 saturated heterocycles. The number of hydrogen-bond acceptors (Lipinski definition) is 4. The van der Waals surface area contributed by atoms with Gasteiger partial charge >= 0.3 is 5.97 Å². The van der Waals surface area contributed by atoms with Gasteiger partial charge in [0.15, 0.2) is 5.89 Å². The zero-order valence-electron chi connectivity index (χ0n) is 10.9. The normalized spacial score (nSPS) is 29.2. The molecule has 0 aliphatic heterocycles. The maximum Gasteiger partial charge on any atom is 0.308 e. The Balaban J connectivity index is 1.69. The minimum absolute atomic E-state index is 0.0202. The lowest BCUT2D eigenvalue weighted by Gasteiger charge is -2.07. The fourth-order valence-corrected chi connectivity index (χ4v) is 2.78. The maximum absolute atomic E-state index is 11.5. The highest BCUT2D eigenvalue weighted by molar-refractivity contribution is 5.72. The molecule has 2 aliphatic carbocycles. The minimum Gasteiger partial charge on any atom is -0.469 e. The van der Waals surface area contributed by atoms with E-state index in [2.05, 4.69) is 11.9 Å². The predicted octanol–water partition coefficient (Wildman–Crippen LogP) is 2.78. The first-order chi connectivity index (χ1) is 8.62. The van der Waals surface area contributed by atoms with Gasteiger partial charge in [0.25, 0.3) is 0 Å². The first-order valence-electron chi connectivity index (χ1n) is 6.66. The van der Waals surface area contributed by atoms with Crippen molar-refractivity contribution in [2.45, 2.75) is 50.4 Å². The van der Waals surface area contributed by atoms with Gasteiger partial charge in [-0.15, -0.1) is 0 Å². The van der Waals surface area contributed by atoms with Crippen molar-refractivity contribution in [3.63, 3.8) is 0 Å². The van der Waals surface area contributed by atoms with E-state index in [4.69, 9.17) is 9.15 Å². The van der Waals surface area contributed by atoms with Crippen molar-refractivity contribution in [3.05, 3.63) is 17.8 Å². The molecule has 3 rings (SSSR count). The van der Waals surface area contributed by atoms with Crippen LogP contribution in [0.5, 0.6) is 0 Å². The standard InChI is InChI=1S/C14H19NO3/c1-14(5-6-14)11-8-15-12(18-11)9-3-4-10(7-9)13(16)17-2/h8-10H,3-7H2,1-2H3. The molecule has 2 unspecified atom stereocenters. The van der Waals surface area contributed by atoms with Gasteiger partial charge in [-0.2, -0.15) is 0 Å². The van der Waals surface area contributed by atoms with Gasteiger partial charge in [0, 0.05) is 11.3 Å². The highest BCUT2D eigenvalue weighted by Gasteiger charge is 2.43. The molecule has 2 aliphatic rings. The van der Waals surface area contributed by atoms with Gasteiger partial charge in [-0.05, 0) is 32.1 Å². The number of oxazole rings is 1. The van der Waals surface area contributed by atoms with E-state index < -0.39 is 0 Å². The molecule has 18 heavy (non-hydrogen) atoms. The predicted molar refractivity (Wildman–Crippen MR) is 65.2 cm³/mol. The summed E-state index contributed by atoms with van der Waals surface area (Å²) < 4.78 is 10.7. The van der Waals surface area contributed by atoms with Crippen LogP contribution in [0, 0.1) is 5.92 Å². The first-order valence-corrected chi connectivity index (χ1v) is 6.66. The van der Waals surface area contributed by atoms with Crippen LogP contribution in [0.15, 0.2) is 10.6 Å². The number of ether oxygens (including phenoxy) is 1. The zero-order valence-corrected chi connectivity index (χ0v) is 10.9. The molecular formula is C14H19NO3. The van der Waals surface area contributed by atoms with Crippen molar-refractivity contribution in [1.29, 1.82) is 0 Å². The monoisotopic (exact) mass is 249 g/mol. The molecule has 0 radical (unpaired) electrons. The molecule has 0 spiro atoms. The number of carbonyl (C=O) groups excluding carboxylic acids is 1. The highest BCUT2D eigenvalue weighted by atomic mass is 16.5. The van der Waals surface area contributed by atoms with Crippen molar-refractivity contribution >= 4 is 5.97 Å². The molecule has 2 atom stereocenters. The van der Waals surface area contributed by atoms with Gasteiger partial charge in [0.1, 0.15) is 5.76 Å². The smallest absolute Gasteiger partial charge is 0.308 e. The lowest BCUT2D eigenvalue weighted by Crippen LogP contribution is -2.12. The van der Waals surface area contributed by atoms with Crippen molar-refractivity contribution in [2.24, 2.45) is 5.92 Å². The maximum atomic E-state index is 11.5. The fraction of sp³-hybridized carbons (Fsp3) is 0.714. The van der Waals surface area contributed by atoms with Crippen LogP contribution in [0.2, 0.25) is 0 Å². The average Bonchev–Trinajstić information content (AvgIpc) is 2.88. The molecule has 1 aromatic heterocycles. The SMILES string of the molecule is COC(=O)C1CCC(c2ncc(C3(C)CC3)o2)C1. The van der Waals surface area contributed by atoms with E-state index in [1.165, 1.54) is 20.0 Å². The molecule has 4 nitrogen and oxygen atoms in total. The number of hydrogen-bond donors (Lipinski definition) is 0. The van der Waals surface area contributed by atoms with Gasteiger partial charge in [-0.3, -0.25) is 4.79 Å². The molecular weight excluding hydrogens is 230 g/mol. The quantitative estimate of drug-likeness (QED) is 0.773. The van der Waals surface area contributed by atoms with Crippen molar-refractivity contribution in [3.8, 4) is 0 Å². The van der Waals surface area contributed by atoms with E-state index in [1.54, 1.807) is 0 Å². The van der Waals surface area contributed by atoms with Crippen LogP contribution in [0.1, 0.15) is 56.6 Å². The third-order valence-electron chi connectivity index (χ3n) is 4.43. The lowest BCUT2D eigenvalue weighted by atomic mass is 10.1. The summed E-state index contributed by atoms with van der Waals surface area (Å²) in [5.41, 5.74) is 0.228. The number of esters is 1. The van der Waals surface area contributed by atoms with Crippen LogP contribution in [0.3, 0.4) is 0 Å². The molecule has 98 valence electrons. The van der Waals surface area contributed by atoms with Gasteiger partial charge in [0.05, 0.1) is 19.2 Å². The van der Waals surface area contributed by atoms with Crippen molar-refractivity contribution in [1.82, 2.24) is 4.98 Å². The van der Waals surface area contributed by atoms with E-state index in [1.807, 2.05) is 6.20 Å². The van der Waals surface area contributed by atoms with Gasteiger partial charge in [-0.25, -0.2) is 4.98 Å². The molecule has 4 heteroatoms. The van der Waals surface area contributed by atoms with Crippen LogP contribution >= 0.6 is 0 Å². The Morgan fingerprint density at radius 1 is 1.50 bits per heavy atom. The summed E-state index contributed by atoms with van der Waals surface area (Å²) in [4.78, 5) is 15.9. The van der Waals surface area contributed by atoms with Gasteiger partial charge in [0.2, 0.25) is 0 Å². The third kappa shape index (κ3) is 1.93. The van der Waals surface area contributed by atoms with Gasteiger partial charge in [-0.1, -0.05) is 6.92 Å². The second-order valence-electron chi connectivity index (χ2n) is 5.85. The Labute approximate surface area is 107 Å². The van der Waals surface area contributed by atoms with E-state index in [0.29, 0.717) is 0 Å². The Bertz CT molecular complexity index is 461. The second kappa shape index (κ2) is 4.11. The van der Waals surface area contributed by atoms with E-state index >= 15 is 0 Å². The van der Waals surface area contributed by atoms with Crippen LogP contribution < -0.4 is 0 Å². The summed E-state index contributed by atoms with van der Waals surface area (Å²) in [5.74, 6) is 2.03. The number of carbonyl (C=O) groups is 1. The molecule has 1 aromatic rings. The van der Waals surface area contributed by atoms with Crippen LogP contribution in [0.25, 0.3) is 0 Å². The highest BCUT2D eigenvalue weighted by Crippen LogP contribution is 2.48. The molecule has 0 aromatic carbocycles. The van der Waals surface area contributed by atoms with Crippen LogP contribution in [-0.2, 0) is 14.9 Å². The second-order valence-corrected chi connectivity index (χ2v) is 5.85. The van der Waals surface area contributed by atoms with E-state index in [9.17, 15) is 4.79 Å². The Kier molecular flexibility index (Phi) is 2.68. The average molecular weight is 249 g/mol. The van der Waals surface area contributed by atoms with E-state index in [-0.39, 0.29) is 23.2 Å².